The highest BCUT2D eigenvalue weighted by molar-refractivity contribution is 5.90. The Balaban J connectivity index is 2.44. The number of nitrogens with zero attached hydrogens (tertiary/aromatic N) is 1. The molecule has 0 spiro atoms. The second kappa shape index (κ2) is 5.58. The third-order valence-corrected chi connectivity index (χ3v) is 2.51. The van der Waals surface area contributed by atoms with Crippen molar-refractivity contribution in [2.75, 3.05) is 0 Å². The minimum absolute atomic E-state index is 0.312. The van der Waals surface area contributed by atoms with E-state index in [1.807, 2.05) is 0 Å². The van der Waals surface area contributed by atoms with Crippen LogP contribution in [0, 0.1) is 11.6 Å². The number of aromatic nitrogens is 1. The number of ether oxygens (including phenoxy) is 1. The van der Waals surface area contributed by atoms with Crippen LogP contribution in [0.25, 0.3) is 0 Å². The summed E-state index contributed by atoms with van der Waals surface area (Å²) >= 11 is 0. The third kappa shape index (κ3) is 3.30. The molecular weight excluding hydrogens is 313 g/mol. The molecule has 0 bridgehead atoms. The maximum Gasteiger partial charge on any atom is 0.417 e. The van der Waals surface area contributed by atoms with Crippen molar-refractivity contribution in [2.24, 2.45) is 0 Å². The Hall–Kier alpha value is -2.71. The molecule has 0 amide bonds. The monoisotopic (exact) mass is 319 g/mol. The Morgan fingerprint density at radius 3 is 2.41 bits per heavy atom. The lowest BCUT2D eigenvalue weighted by Gasteiger charge is -2.11. The molecule has 4 nitrogen and oxygen atoms in total. The third-order valence-electron chi connectivity index (χ3n) is 2.51. The van der Waals surface area contributed by atoms with Crippen LogP contribution in [0.4, 0.5) is 22.0 Å². The summed E-state index contributed by atoms with van der Waals surface area (Å²) in [5.74, 6) is -5.11. The van der Waals surface area contributed by atoms with E-state index in [9.17, 15) is 26.7 Å². The van der Waals surface area contributed by atoms with Gasteiger partial charge in [0.15, 0.2) is 11.6 Å². The SMILES string of the molecule is O=C(O)c1cc(C(F)(F)F)cnc1Oc1ccc(F)cc1F. The molecule has 1 aromatic heterocycles. The molecule has 1 N–H and O–H groups in total. The first-order chi connectivity index (χ1) is 10.2. The van der Waals surface area contributed by atoms with Crippen molar-refractivity contribution in [1.29, 1.82) is 0 Å². The van der Waals surface area contributed by atoms with Crippen LogP contribution in [0.1, 0.15) is 15.9 Å². The van der Waals surface area contributed by atoms with E-state index in [1.165, 1.54) is 0 Å². The summed E-state index contributed by atoms with van der Waals surface area (Å²) in [6.07, 6.45) is -4.44. The quantitative estimate of drug-likeness (QED) is 0.873. The maximum atomic E-state index is 13.4. The van der Waals surface area contributed by atoms with Crippen molar-refractivity contribution in [3.05, 3.63) is 53.2 Å². The first-order valence-electron chi connectivity index (χ1n) is 5.62. The molecule has 0 aliphatic carbocycles. The van der Waals surface area contributed by atoms with Gasteiger partial charge in [0.2, 0.25) is 5.88 Å². The van der Waals surface area contributed by atoms with Crippen molar-refractivity contribution in [1.82, 2.24) is 4.98 Å². The first kappa shape index (κ1) is 15.7. The minimum atomic E-state index is -4.79. The second-order valence-electron chi connectivity index (χ2n) is 4.06. The van der Waals surface area contributed by atoms with Crippen LogP contribution in [0.3, 0.4) is 0 Å². The van der Waals surface area contributed by atoms with Gasteiger partial charge < -0.3 is 9.84 Å². The van der Waals surface area contributed by atoms with Crippen LogP contribution in [0.2, 0.25) is 0 Å². The van der Waals surface area contributed by atoms with Gasteiger partial charge in [-0.05, 0) is 18.2 Å². The number of benzene rings is 1. The smallest absolute Gasteiger partial charge is 0.417 e. The number of halogens is 5. The predicted octanol–water partition coefficient (Wildman–Crippen LogP) is 3.87. The van der Waals surface area contributed by atoms with Gasteiger partial charge in [-0.1, -0.05) is 0 Å². The van der Waals surface area contributed by atoms with E-state index >= 15 is 0 Å². The molecule has 0 unspecified atom stereocenters. The topological polar surface area (TPSA) is 59.4 Å². The highest BCUT2D eigenvalue weighted by Gasteiger charge is 2.33. The largest absolute Gasteiger partial charge is 0.477 e. The van der Waals surface area contributed by atoms with Crippen LogP contribution in [0.15, 0.2) is 30.5 Å². The number of aromatic carboxylic acids is 1. The van der Waals surface area contributed by atoms with Crippen LogP contribution >= 0.6 is 0 Å². The van der Waals surface area contributed by atoms with Gasteiger partial charge in [0.05, 0.1) is 5.56 Å². The van der Waals surface area contributed by atoms with Crippen molar-refractivity contribution in [3.63, 3.8) is 0 Å². The zero-order valence-corrected chi connectivity index (χ0v) is 10.5. The van der Waals surface area contributed by atoms with Gasteiger partial charge in [0.1, 0.15) is 11.4 Å². The predicted molar refractivity (Wildman–Crippen MR) is 62.6 cm³/mol. The summed E-state index contributed by atoms with van der Waals surface area (Å²) in [5.41, 5.74) is -2.20. The van der Waals surface area contributed by atoms with Gasteiger partial charge in [-0.15, -0.1) is 0 Å². The van der Waals surface area contributed by atoms with Gasteiger partial charge in [-0.2, -0.15) is 13.2 Å². The van der Waals surface area contributed by atoms with Gasteiger partial charge >= 0.3 is 12.1 Å². The van der Waals surface area contributed by atoms with Crippen LogP contribution in [0.5, 0.6) is 11.6 Å². The van der Waals surface area contributed by atoms with Crippen molar-refractivity contribution in [2.45, 2.75) is 6.18 Å². The molecule has 116 valence electrons. The highest BCUT2D eigenvalue weighted by atomic mass is 19.4. The first-order valence-corrected chi connectivity index (χ1v) is 5.62. The molecule has 0 aliphatic rings. The fraction of sp³-hybridized carbons (Fsp3) is 0.0769. The van der Waals surface area contributed by atoms with Crippen LogP contribution < -0.4 is 4.74 Å². The summed E-state index contributed by atoms with van der Waals surface area (Å²) in [5, 5.41) is 8.91. The van der Waals surface area contributed by atoms with Gasteiger partial charge in [-0.25, -0.2) is 18.6 Å². The molecule has 0 saturated heterocycles. The van der Waals surface area contributed by atoms with Crippen molar-refractivity contribution >= 4 is 5.97 Å². The Labute approximate surface area is 119 Å². The molecular formula is C13H6F5NO3. The molecule has 0 saturated carbocycles. The molecule has 0 radical (unpaired) electrons. The Kier molecular flexibility index (Phi) is 3.98. The maximum absolute atomic E-state index is 13.4. The number of hydrogen-bond acceptors (Lipinski definition) is 3. The fourth-order valence-corrected chi connectivity index (χ4v) is 1.50. The summed E-state index contributed by atoms with van der Waals surface area (Å²) in [6.45, 7) is 0. The van der Waals surface area contributed by atoms with E-state index in [1.54, 1.807) is 0 Å². The summed E-state index contributed by atoms with van der Waals surface area (Å²) in [7, 11) is 0. The highest BCUT2D eigenvalue weighted by Crippen LogP contribution is 2.33. The number of carbonyl (C=O) groups is 1. The zero-order chi connectivity index (χ0) is 16.5. The van der Waals surface area contributed by atoms with Gasteiger partial charge in [0, 0.05) is 12.3 Å². The number of alkyl halides is 3. The van der Waals surface area contributed by atoms with E-state index in [2.05, 4.69) is 4.98 Å². The van der Waals surface area contributed by atoms with Crippen molar-refractivity contribution < 1.29 is 36.6 Å². The average Bonchev–Trinajstić information content (AvgIpc) is 2.40. The van der Waals surface area contributed by atoms with Crippen LogP contribution in [-0.2, 0) is 6.18 Å². The Morgan fingerprint density at radius 1 is 1.18 bits per heavy atom. The van der Waals surface area contributed by atoms with Crippen molar-refractivity contribution in [3.8, 4) is 11.6 Å². The number of hydrogen-bond donors (Lipinski definition) is 1. The average molecular weight is 319 g/mol. The minimum Gasteiger partial charge on any atom is -0.477 e. The molecule has 1 heterocycles. The molecule has 22 heavy (non-hydrogen) atoms. The fourth-order valence-electron chi connectivity index (χ4n) is 1.50. The lowest BCUT2D eigenvalue weighted by Crippen LogP contribution is -2.10. The van der Waals surface area contributed by atoms with E-state index in [-0.39, 0.29) is 0 Å². The molecule has 0 fully saturated rings. The lowest BCUT2D eigenvalue weighted by atomic mass is 10.2. The lowest BCUT2D eigenvalue weighted by molar-refractivity contribution is -0.137. The van der Waals surface area contributed by atoms with E-state index in [0.29, 0.717) is 18.3 Å². The normalized spacial score (nSPS) is 11.3. The molecule has 9 heteroatoms. The van der Waals surface area contributed by atoms with E-state index < -0.39 is 46.5 Å². The Morgan fingerprint density at radius 2 is 1.86 bits per heavy atom. The molecule has 1 aromatic carbocycles. The summed E-state index contributed by atoms with van der Waals surface area (Å²) in [4.78, 5) is 14.2. The molecule has 0 atom stereocenters. The molecule has 2 rings (SSSR count). The van der Waals surface area contributed by atoms with Crippen LogP contribution in [-0.4, -0.2) is 16.1 Å². The second-order valence-corrected chi connectivity index (χ2v) is 4.06. The number of pyridine rings is 1. The van der Waals surface area contributed by atoms with Gasteiger partial charge in [0.25, 0.3) is 0 Å². The number of rotatable bonds is 3. The zero-order valence-electron chi connectivity index (χ0n) is 10.5. The summed E-state index contributed by atoms with van der Waals surface area (Å²) < 4.78 is 68.6. The molecule has 2 aromatic rings. The Bertz CT molecular complexity index is 730. The summed E-state index contributed by atoms with van der Waals surface area (Å²) in [6, 6.07) is 2.48. The molecule has 0 aliphatic heterocycles. The van der Waals surface area contributed by atoms with Gasteiger partial charge in [-0.3, -0.25) is 0 Å². The van der Waals surface area contributed by atoms with E-state index in [4.69, 9.17) is 9.84 Å². The van der Waals surface area contributed by atoms with E-state index in [0.717, 1.165) is 12.1 Å². The number of carboxylic acids is 1. The number of carboxylic acid groups (broad SMARTS) is 1. The standard InChI is InChI=1S/C13H6F5NO3/c14-7-1-2-10(9(15)4-7)22-11-8(12(20)21)3-6(5-19-11)13(16,17)18/h1-5H,(H,20,21).